The minimum atomic E-state index is -2.85. The van der Waals surface area contributed by atoms with Crippen LogP contribution in [0.5, 0.6) is 5.75 Å². The standard InChI is InChI=1S/C40H51NO13/c1-3-5-7-10-13-16-29(42)17-14-11-8-9-12-15-18-31(40(49)25-35(43)51-26-33-34(27-52-38(40)47)54-39(48)53-33)36(44)41-32(37(45)46)24-28-19-21-30(22-20-28)50-23-6-4-2/h15,18-22,31-32,49H,3,5,7-14,16-17,23-27H2,1-2H3,(H,41,44)(H,45,46). The van der Waals surface area contributed by atoms with Gasteiger partial charge in [0.25, 0.3) is 0 Å². The molecule has 1 aliphatic rings. The predicted molar refractivity (Wildman–Crippen MR) is 194 cm³/mol. The molecule has 0 saturated heterocycles. The highest BCUT2D eigenvalue weighted by Gasteiger charge is 2.51. The van der Waals surface area contributed by atoms with Gasteiger partial charge in [-0.05, 0) is 50.3 Å². The number of unbranched alkanes of at least 4 members (excludes halogenated alkanes) is 8. The van der Waals surface area contributed by atoms with Crippen molar-refractivity contribution in [2.75, 3.05) is 6.61 Å². The Hall–Kier alpha value is -5.16. The molecule has 54 heavy (non-hydrogen) atoms. The summed E-state index contributed by atoms with van der Waals surface area (Å²) in [6, 6.07) is 5.01. The van der Waals surface area contributed by atoms with Crippen LogP contribution in [0, 0.1) is 17.8 Å². The number of amides is 1. The molecule has 2 aromatic rings. The van der Waals surface area contributed by atoms with Crippen LogP contribution in [0.3, 0.4) is 0 Å². The Balaban J connectivity index is 1.72. The van der Waals surface area contributed by atoms with Crippen LogP contribution in [-0.2, 0) is 53.1 Å². The molecule has 0 fully saturated rings. The van der Waals surface area contributed by atoms with E-state index in [9.17, 15) is 39.0 Å². The van der Waals surface area contributed by atoms with Gasteiger partial charge in [-0.3, -0.25) is 14.4 Å². The summed E-state index contributed by atoms with van der Waals surface area (Å²) < 4.78 is 25.5. The Kier molecular flexibility index (Phi) is 18.3. The normalized spacial score (nSPS) is 16.9. The molecule has 1 amide bonds. The summed E-state index contributed by atoms with van der Waals surface area (Å²) in [6.45, 7) is 2.76. The molecule has 0 aliphatic carbocycles. The lowest BCUT2D eigenvalue weighted by molar-refractivity contribution is -0.181. The van der Waals surface area contributed by atoms with Crippen molar-refractivity contribution in [3.8, 4) is 17.6 Å². The van der Waals surface area contributed by atoms with Gasteiger partial charge in [-0.1, -0.05) is 75.7 Å². The summed E-state index contributed by atoms with van der Waals surface area (Å²) in [4.78, 5) is 76.4. The Morgan fingerprint density at radius 1 is 0.926 bits per heavy atom. The smallest absolute Gasteiger partial charge is 0.481 e. The molecule has 3 unspecified atom stereocenters. The number of hydrogen-bond donors (Lipinski definition) is 3. The number of rotatable bonds is 22. The van der Waals surface area contributed by atoms with E-state index in [4.69, 9.17) is 23.0 Å². The number of esters is 2. The van der Waals surface area contributed by atoms with E-state index in [2.05, 4.69) is 24.1 Å². The largest absolute Gasteiger partial charge is 0.519 e. The number of carboxylic acids is 1. The molecule has 1 aromatic heterocycles. The minimum absolute atomic E-state index is 0.166. The van der Waals surface area contributed by atoms with Gasteiger partial charge in [-0.2, -0.15) is 0 Å². The molecule has 0 saturated carbocycles. The molecule has 14 nitrogen and oxygen atoms in total. The highest BCUT2D eigenvalue weighted by atomic mass is 16.6. The molecular formula is C40H51NO13. The summed E-state index contributed by atoms with van der Waals surface area (Å²) >= 11 is 0. The van der Waals surface area contributed by atoms with Crippen molar-refractivity contribution in [2.24, 2.45) is 5.92 Å². The van der Waals surface area contributed by atoms with Gasteiger partial charge >= 0.3 is 23.7 Å². The number of Topliss-reactive ketones (excluding diaryl/α,β-unsaturated/α-hetero) is 1. The Bertz CT molecular complexity index is 1690. The summed E-state index contributed by atoms with van der Waals surface area (Å²) in [5.74, 6) is -2.11. The number of carbonyl (C=O) groups excluding carboxylic acids is 4. The second-order valence-electron chi connectivity index (χ2n) is 13.2. The van der Waals surface area contributed by atoms with Gasteiger partial charge in [-0.15, -0.1) is 5.92 Å². The number of ether oxygens (including phenoxy) is 3. The maximum absolute atomic E-state index is 13.9. The first-order chi connectivity index (χ1) is 26.0. The van der Waals surface area contributed by atoms with Gasteiger partial charge in [0, 0.05) is 19.3 Å². The third-order valence-corrected chi connectivity index (χ3v) is 8.92. The molecule has 14 heteroatoms. The quantitative estimate of drug-likeness (QED) is 0.0619. The Morgan fingerprint density at radius 3 is 2.19 bits per heavy atom. The lowest BCUT2D eigenvalue weighted by Gasteiger charge is -2.32. The van der Waals surface area contributed by atoms with Gasteiger partial charge in [0.2, 0.25) is 5.91 Å². The molecule has 3 atom stereocenters. The van der Waals surface area contributed by atoms with E-state index in [0.717, 1.165) is 44.9 Å². The molecule has 0 radical (unpaired) electrons. The van der Waals surface area contributed by atoms with Gasteiger partial charge in [0.15, 0.2) is 30.3 Å². The van der Waals surface area contributed by atoms with Crippen molar-refractivity contribution in [3.05, 3.63) is 64.1 Å². The van der Waals surface area contributed by atoms with Crippen molar-refractivity contribution >= 4 is 29.6 Å². The number of fused-ring (bicyclic) bond motifs is 1. The van der Waals surface area contributed by atoms with E-state index in [1.54, 1.807) is 37.3 Å². The first-order valence-corrected chi connectivity index (χ1v) is 18.5. The fourth-order valence-corrected chi connectivity index (χ4v) is 5.83. The summed E-state index contributed by atoms with van der Waals surface area (Å²) in [6.07, 6.45) is 11.6. The van der Waals surface area contributed by atoms with Crippen LogP contribution in [-0.4, -0.2) is 58.1 Å². The number of hydrogen-bond acceptors (Lipinski definition) is 12. The molecule has 1 aliphatic heterocycles. The fourth-order valence-electron chi connectivity index (χ4n) is 5.83. The number of cyclic esters (lactones) is 2. The number of nitrogens with one attached hydrogen (secondary N) is 1. The van der Waals surface area contributed by atoms with Crippen LogP contribution >= 0.6 is 0 Å². The zero-order valence-corrected chi connectivity index (χ0v) is 31.0. The zero-order valence-electron chi connectivity index (χ0n) is 31.0. The Labute approximate surface area is 314 Å². The fraction of sp³-hybridized carbons (Fsp3) is 0.550. The highest BCUT2D eigenvalue weighted by Crippen LogP contribution is 2.29. The molecule has 0 bridgehead atoms. The maximum Gasteiger partial charge on any atom is 0.519 e. The lowest BCUT2D eigenvalue weighted by atomic mass is 9.82. The van der Waals surface area contributed by atoms with E-state index in [0.29, 0.717) is 37.0 Å². The second-order valence-corrected chi connectivity index (χ2v) is 13.2. The summed E-state index contributed by atoms with van der Waals surface area (Å²) in [7, 11) is 0. The van der Waals surface area contributed by atoms with Crippen LogP contribution < -0.4 is 15.9 Å². The van der Waals surface area contributed by atoms with Gasteiger partial charge in [0.05, 0.1) is 12.3 Å². The first kappa shape index (κ1) is 43.2. The van der Waals surface area contributed by atoms with Crippen molar-refractivity contribution in [1.29, 1.82) is 0 Å². The molecule has 294 valence electrons. The molecule has 0 spiro atoms. The van der Waals surface area contributed by atoms with E-state index in [-0.39, 0.29) is 30.3 Å². The van der Waals surface area contributed by atoms with Gasteiger partial charge in [0.1, 0.15) is 24.2 Å². The molecule has 3 rings (SSSR count). The van der Waals surface area contributed by atoms with Crippen molar-refractivity contribution in [3.63, 3.8) is 0 Å². The van der Waals surface area contributed by atoms with Crippen molar-refractivity contribution in [2.45, 2.75) is 129 Å². The average molecular weight is 754 g/mol. The van der Waals surface area contributed by atoms with E-state index in [1.165, 1.54) is 12.5 Å². The van der Waals surface area contributed by atoms with E-state index >= 15 is 0 Å². The van der Waals surface area contributed by atoms with Gasteiger partial charge < -0.3 is 38.6 Å². The maximum atomic E-state index is 13.9. The molecule has 2 heterocycles. The van der Waals surface area contributed by atoms with Crippen molar-refractivity contribution < 1.29 is 57.2 Å². The zero-order chi connectivity index (χ0) is 39.3. The molecule has 3 N–H and O–H groups in total. The van der Waals surface area contributed by atoms with E-state index in [1.807, 2.05) is 0 Å². The van der Waals surface area contributed by atoms with Crippen LogP contribution in [0.25, 0.3) is 0 Å². The SMILES string of the molecule is CC#CCOc1ccc(CC(NC(=O)C(C=CCCCCCCC(=O)CCCCCCC)C2(O)CC(=O)OCc3oc(=O)oc3COC2=O)C(=O)O)cc1. The predicted octanol–water partition coefficient (Wildman–Crippen LogP) is 5.11. The van der Waals surface area contributed by atoms with Crippen LogP contribution in [0.1, 0.15) is 114 Å². The first-order valence-electron chi connectivity index (χ1n) is 18.5. The number of carbonyl (C=O) groups is 5. The second kappa shape index (κ2) is 22.8. The van der Waals surface area contributed by atoms with Crippen LogP contribution in [0.2, 0.25) is 0 Å². The summed E-state index contributed by atoms with van der Waals surface area (Å²) in [5, 5.41) is 24.2. The number of aliphatic carboxylic acids is 1. The minimum Gasteiger partial charge on any atom is -0.481 e. The third-order valence-electron chi connectivity index (χ3n) is 8.92. The third kappa shape index (κ3) is 14.3. The molecular weight excluding hydrogens is 702 g/mol. The number of carboxylic acid groups (broad SMARTS) is 1. The monoisotopic (exact) mass is 753 g/mol. The highest BCUT2D eigenvalue weighted by molar-refractivity contribution is 5.95. The van der Waals surface area contributed by atoms with Crippen LogP contribution in [0.15, 0.2) is 50.0 Å². The number of ketones is 1. The number of allylic oxidation sites excluding steroid dienone is 1. The summed E-state index contributed by atoms with van der Waals surface area (Å²) in [5.41, 5.74) is -2.31. The van der Waals surface area contributed by atoms with E-state index < -0.39 is 66.8 Å². The number of aliphatic hydroxyl groups is 1. The lowest BCUT2D eigenvalue weighted by Crippen LogP contribution is -2.56. The van der Waals surface area contributed by atoms with Crippen LogP contribution in [0.4, 0.5) is 0 Å². The van der Waals surface area contributed by atoms with Gasteiger partial charge in [-0.25, -0.2) is 14.4 Å². The average Bonchev–Trinajstić information content (AvgIpc) is 3.50. The number of benzene rings is 1. The topological polar surface area (TPSA) is 209 Å². The Morgan fingerprint density at radius 2 is 1.56 bits per heavy atom. The van der Waals surface area contributed by atoms with Crippen molar-refractivity contribution in [1.82, 2.24) is 5.32 Å². The molecule has 1 aromatic carbocycles.